The number of halogens is 1. The Morgan fingerprint density at radius 1 is 1.44 bits per heavy atom. The Balaban J connectivity index is 1.98. The highest BCUT2D eigenvalue weighted by atomic mass is 35.5. The number of hydrogen-bond acceptors (Lipinski definition) is 2. The minimum atomic E-state index is 0.407. The lowest BCUT2D eigenvalue weighted by atomic mass is 9.99. The summed E-state index contributed by atoms with van der Waals surface area (Å²) in [6, 6.07) is 6.62. The fraction of sp³-hybridized carbons (Fsp3) is 0.600. The van der Waals surface area contributed by atoms with E-state index in [0.29, 0.717) is 12.1 Å². The Kier molecular flexibility index (Phi) is 4.90. The van der Waals surface area contributed by atoms with Crippen molar-refractivity contribution < 1.29 is 4.74 Å². The molecule has 100 valence electrons. The highest BCUT2D eigenvalue weighted by Crippen LogP contribution is 2.28. The van der Waals surface area contributed by atoms with Gasteiger partial charge in [0.25, 0.3) is 0 Å². The van der Waals surface area contributed by atoms with Gasteiger partial charge < -0.3 is 10.1 Å². The standard InChI is InChI=1S/C15H22ClNO/c1-3-5-13-10-12(8-9-18-13)17-14-7-4-6-11(2)15(14)16/h4,6-7,12-13,17H,3,5,8-10H2,1-2H3. The van der Waals surface area contributed by atoms with E-state index in [-0.39, 0.29) is 0 Å². The third-order valence-electron chi connectivity index (χ3n) is 3.53. The van der Waals surface area contributed by atoms with E-state index in [1.54, 1.807) is 0 Å². The van der Waals surface area contributed by atoms with Crippen molar-refractivity contribution in [1.82, 2.24) is 0 Å². The molecule has 1 N–H and O–H groups in total. The van der Waals surface area contributed by atoms with Crippen molar-refractivity contribution in [3.05, 3.63) is 28.8 Å². The van der Waals surface area contributed by atoms with E-state index in [9.17, 15) is 0 Å². The van der Waals surface area contributed by atoms with Crippen molar-refractivity contribution >= 4 is 17.3 Å². The molecular formula is C15H22ClNO. The van der Waals surface area contributed by atoms with E-state index in [0.717, 1.165) is 42.1 Å². The Bertz CT molecular complexity index is 392. The monoisotopic (exact) mass is 267 g/mol. The van der Waals surface area contributed by atoms with Gasteiger partial charge in [-0.15, -0.1) is 0 Å². The molecule has 1 fully saturated rings. The van der Waals surface area contributed by atoms with Gasteiger partial charge in [-0.2, -0.15) is 0 Å². The van der Waals surface area contributed by atoms with Gasteiger partial charge in [-0.3, -0.25) is 0 Å². The third kappa shape index (κ3) is 3.39. The first-order valence-electron chi connectivity index (χ1n) is 6.84. The van der Waals surface area contributed by atoms with Gasteiger partial charge in [0, 0.05) is 12.6 Å². The molecule has 2 nitrogen and oxygen atoms in total. The van der Waals surface area contributed by atoms with Gasteiger partial charge >= 0.3 is 0 Å². The molecule has 1 aromatic carbocycles. The van der Waals surface area contributed by atoms with E-state index >= 15 is 0 Å². The predicted octanol–water partition coefficient (Wildman–Crippen LogP) is 4.41. The van der Waals surface area contributed by atoms with Crippen LogP contribution in [0.5, 0.6) is 0 Å². The molecule has 1 aliphatic heterocycles. The average Bonchev–Trinajstić information content (AvgIpc) is 2.36. The van der Waals surface area contributed by atoms with Crippen LogP contribution in [-0.2, 0) is 4.74 Å². The summed E-state index contributed by atoms with van der Waals surface area (Å²) in [7, 11) is 0. The van der Waals surface area contributed by atoms with Gasteiger partial charge in [0.1, 0.15) is 0 Å². The number of benzene rings is 1. The fourth-order valence-corrected chi connectivity index (χ4v) is 2.69. The zero-order valence-electron chi connectivity index (χ0n) is 11.2. The summed E-state index contributed by atoms with van der Waals surface area (Å²) < 4.78 is 5.77. The van der Waals surface area contributed by atoms with Crippen molar-refractivity contribution in [3.63, 3.8) is 0 Å². The maximum atomic E-state index is 6.32. The smallest absolute Gasteiger partial charge is 0.0666 e. The first-order chi connectivity index (χ1) is 8.70. The summed E-state index contributed by atoms with van der Waals surface area (Å²) in [5.41, 5.74) is 2.18. The molecule has 3 heteroatoms. The molecule has 2 unspecified atom stereocenters. The number of rotatable bonds is 4. The van der Waals surface area contributed by atoms with E-state index in [2.05, 4.69) is 18.3 Å². The maximum absolute atomic E-state index is 6.32. The lowest BCUT2D eigenvalue weighted by Crippen LogP contribution is -2.34. The molecule has 2 atom stereocenters. The van der Waals surface area contributed by atoms with Crippen LogP contribution in [0.25, 0.3) is 0 Å². The second kappa shape index (κ2) is 6.44. The summed E-state index contributed by atoms with van der Waals surface area (Å²) >= 11 is 6.32. The number of hydrogen-bond donors (Lipinski definition) is 1. The van der Waals surface area contributed by atoms with Crippen LogP contribution in [-0.4, -0.2) is 18.8 Å². The maximum Gasteiger partial charge on any atom is 0.0666 e. The van der Waals surface area contributed by atoms with Gasteiger partial charge in [0.15, 0.2) is 0 Å². The van der Waals surface area contributed by atoms with Crippen LogP contribution in [0.15, 0.2) is 18.2 Å². The normalized spacial score (nSPS) is 23.9. The van der Waals surface area contributed by atoms with Gasteiger partial charge in [-0.05, 0) is 37.8 Å². The van der Waals surface area contributed by atoms with Gasteiger partial charge in [0.2, 0.25) is 0 Å². The van der Waals surface area contributed by atoms with Crippen LogP contribution in [0.2, 0.25) is 5.02 Å². The molecule has 0 spiro atoms. The number of ether oxygens (including phenoxy) is 1. The van der Waals surface area contributed by atoms with E-state index < -0.39 is 0 Å². The molecule has 1 heterocycles. The van der Waals surface area contributed by atoms with E-state index in [4.69, 9.17) is 16.3 Å². The molecule has 0 radical (unpaired) electrons. The Hall–Kier alpha value is -0.730. The van der Waals surface area contributed by atoms with Crippen LogP contribution in [0.3, 0.4) is 0 Å². The largest absolute Gasteiger partial charge is 0.381 e. The second-order valence-electron chi connectivity index (χ2n) is 5.08. The molecule has 0 amide bonds. The van der Waals surface area contributed by atoms with Gasteiger partial charge in [-0.25, -0.2) is 0 Å². The summed E-state index contributed by atoms with van der Waals surface area (Å²) in [6.07, 6.45) is 4.88. The van der Waals surface area contributed by atoms with Crippen molar-refractivity contribution in [1.29, 1.82) is 0 Å². The molecule has 2 rings (SSSR count). The van der Waals surface area contributed by atoms with Crippen LogP contribution in [0, 0.1) is 6.92 Å². The van der Waals surface area contributed by atoms with Crippen molar-refractivity contribution in [3.8, 4) is 0 Å². The highest BCUT2D eigenvalue weighted by molar-refractivity contribution is 6.34. The van der Waals surface area contributed by atoms with E-state index in [1.165, 1.54) is 6.42 Å². The summed E-state index contributed by atoms with van der Waals surface area (Å²) in [4.78, 5) is 0. The molecular weight excluding hydrogens is 246 g/mol. The highest BCUT2D eigenvalue weighted by Gasteiger charge is 2.22. The average molecular weight is 268 g/mol. The number of anilines is 1. The zero-order chi connectivity index (χ0) is 13.0. The molecule has 1 aromatic rings. The minimum Gasteiger partial charge on any atom is -0.381 e. The lowest BCUT2D eigenvalue weighted by molar-refractivity contribution is 0.00598. The molecule has 1 aliphatic rings. The molecule has 1 saturated heterocycles. The van der Waals surface area contributed by atoms with Crippen LogP contribution in [0.1, 0.15) is 38.2 Å². The first-order valence-corrected chi connectivity index (χ1v) is 7.21. The summed E-state index contributed by atoms with van der Waals surface area (Å²) in [6.45, 7) is 5.10. The first kappa shape index (κ1) is 13.7. The molecule has 0 aliphatic carbocycles. The number of nitrogens with one attached hydrogen (secondary N) is 1. The third-order valence-corrected chi connectivity index (χ3v) is 4.03. The lowest BCUT2D eigenvalue weighted by Gasteiger charge is -2.31. The number of aryl methyl sites for hydroxylation is 1. The minimum absolute atomic E-state index is 0.407. The van der Waals surface area contributed by atoms with Crippen LogP contribution >= 0.6 is 11.6 Å². The quantitative estimate of drug-likeness (QED) is 0.873. The van der Waals surface area contributed by atoms with Crippen molar-refractivity contribution in [2.45, 2.75) is 51.7 Å². The van der Waals surface area contributed by atoms with Crippen LogP contribution in [0.4, 0.5) is 5.69 Å². The Morgan fingerprint density at radius 2 is 2.28 bits per heavy atom. The molecule has 18 heavy (non-hydrogen) atoms. The molecule has 0 aromatic heterocycles. The molecule has 0 bridgehead atoms. The Morgan fingerprint density at radius 3 is 3.06 bits per heavy atom. The zero-order valence-corrected chi connectivity index (χ0v) is 12.0. The second-order valence-corrected chi connectivity index (χ2v) is 5.46. The fourth-order valence-electron chi connectivity index (χ4n) is 2.51. The summed E-state index contributed by atoms with van der Waals surface area (Å²) in [5, 5.41) is 4.41. The van der Waals surface area contributed by atoms with Crippen molar-refractivity contribution in [2.75, 3.05) is 11.9 Å². The Labute approximate surface area is 115 Å². The van der Waals surface area contributed by atoms with Gasteiger partial charge in [0.05, 0.1) is 16.8 Å². The molecule has 0 saturated carbocycles. The topological polar surface area (TPSA) is 21.3 Å². The SMILES string of the molecule is CCCC1CC(Nc2cccc(C)c2Cl)CCO1. The predicted molar refractivity (Wildman–Crippen MR) is 77.5 cm³/mol. The van der Waals surface area contributed by atoms with Crippen molar-refractivity contribution in [2.24, 2.45) is 0 Å². The van der Waals surface area contributed by atoms with Crippen LogP contribution < -0.4 is 5.32 Å². The summed E-state index contributed by atoms with van der Waals surface area (Å²) in [5.74, 6) is 0. The van der Waals surface area contributed by atoms with Gasteiger partial charge in [-0.1, -0.05) is 37.1 Å². The van der Waals surface area contributed by atoms with E-state index in [1.807, 2.05) is 19.1 Å².